The van der Waals surface area contributed by atoms with Gasteiger partial charge in [-0.05, 0) is 73.1 Å². The zero-order chi connectivity index (χ0) is 17.9. The van der Waals surface area contributed by atoms with Crippen molar-refractivity contribution in [3.63, 3.8) is 0 Å². The van der Waals surface area contributed by atoms with Crippen LogP contribution in [0.2, 0.25) is 0 Å². The number of aromatic nitrogens is 1. The first-order valence-corrected chi connectivity index (χ1v) is 8.53. The predicted octanol–water partition coefficient (Wildman–Crippen LogP) is 4.60. The molecule has 3 N–H and O–H groups in total. The van der Waals surface area contributed by atoms with Crippen LogP contribution in [0.15, 0.2) is 65.2 Å². The molecule has 0 aliphatic carbocycles. The number of benzene rings is 2. The average Bonchev–Trinajstić information content (AvgIpc) is 3.26. The molecule has 0 unspecified atom stereocenters. The maximum absolute atomic E-state index is 13.2. The quantitative estimate of drug-likeness (QED) is 0.445. The Balaban J connectivity index is 1.33. The van der Waals surface area contributed by atoms with E-state index in [-0.39, 0.29) is 11.6 Å². The molecule has 0 radical (unpaired) electrons. The number of phenolic OH excluding ortho intramolecular Hbond substituents is 1. The van der Waals surface area contributed by atoms with Crippen LogP contribution in [0.1, 0.15) is 11.3 Å². The van der Waals surface area contributed by atoms with Crippen molar-refractivity contribution in [3.05, 3.63) is 77.9 Å². The molecule has 0 bridgehead atoms. The molecule has 0 saturated heterocycles. The van der Waals surface area contributed by atoms with Crippen LogP contribution in [0.3, 0.4) is 0 Å². The number of aromatic amines is 1. The monoisotopic (exact) mass is 350 g/mol. The first-order chi connectivity index (χ1) is 12.7. The molecule has 0 aliphatic rings. The van der Waals surface area contributed by atoms with Crippen LogP contribution in [0, 0.1) is 5.82 Å². The van der Waals surface area contributed by atoms with E-state index in [2.05, 4.69) is 10.3 Å². The number of H-pyrrole nitrogens is 1. The van der Waals surface area contributed by atoms with Crippen LogP contribution in [0.25, 0.3) is 22.2 Å². The van der Waals surface area contributed by atoms with E-state index in [1.54, 1.807) is 12.1 Å². The van der Waals surface area contributed by atoms with E-state index in [0.29, 0.717) is 6.54 Å². The molecule has 2 heterocycles. The average molecular weight is 350 g/mol. The van der Waals surface area contributed by atoms with Crippen LogP contribution in [-0.2, 0) is 13.0 Å². The molecule has 2 aromatic heterocycles. The van der Waals surface area contributed by atoms with Gasteiger partial charge in [-0.2, -0.15) is 0 Å². The lowest BCUT2D eigenvalue weighted by molar-refractivity contribution is 0.475. The molecule has 132 valence electrons. The summed E-state index contributed by atoms with van der Waals surface area (Å²) in [4.78, 5) is 3.11. The minimum Gasteiger partial charge on any atom is -0.508 e. The van der Waals surface area contributed by atoms with E-state index >= 15 is 0 Å². The van der Waals surface area contributed by atoms with Gasteiger partial charge in [0.1, 0.15) is 23.1 Å². The van der Waals surface area contributed by atoms with E-state index in [0.717, 1.165) is 46.5 Å². The number of fused-ring (bicyclic) bond motifs is 1. The van der Waals surface area contributed by atoms with Gasteiger partial charge in [-0.25, -0.2) is 4.39 Å². The Morgan fingerprint density at radius 2 is 1.88 bits per heavy atom. The lowest BCUT2D eigenvalue weighted by atomic mass is 10.1. The number of rotatable bonds is 6. The SMILES string of the molecule is Oc1ccc(-c2ccc(CNCCc3c[nH]c4cc(F)ccc34)o2)cc1. The van der Waals surface area contributed by atoms with Gasteiger partial charge in [-0.15, -0.1) is 0 Å². The first kappa shape index (κ1) is 16.4. The Morgan fingerprint density at radius 1 is 1.04 bits per heavy atom. The predicted molar refractivity (Wildman–Crippen MR) is 99.5 cm³/mol. The first-order valence-electron chi connectivity index (χ1n) is 8.53. The van der Waals surface area contributed by atoms with E-state index in [9.17, 15) is 9.50 Å². The zero-order valence-corrected chi connectivity index (χ0v) is 14.1. The number of halogens is 1. The second-order valence-electron chi connectivity index (χ2n) is 6.24. The molecule has 0 aliphatic heterocycles. The van der Waals surface area contributed by atoms with Gasteiger partial charge in [0.2, 0.25) is 0 Å². The Kier molecular flexibility index (Phi) is 4.46. The maximum Gasteiger partial charge on any atom is 0.134 e. The second kappa shape index (κ2) is 7.06. The smallest absolute Gasteiger partial charge is 0.134 e. The molecule has 0 fully saturated rings. The second-order valence-corrected chi connectivity index (χ2v) is 6.24. The summed E-state index contributed by atoms with van der Waals surface area (Å²) < 4.78 is 19.1. The van der Waals surface area contributed by atoms with Crippen LogP contribution < -0.4 is 5.32 Å². The number of aromatic hydroxyl groups is 1. The van der Waals surface area contributed by atoms with E-state index in [1.165, 1.54) is 12.1 Å². The molecule has 0 spiro atoms. The van der Waals surface area contributed by atoms with Gasteiger partial charge >= 0.3 is 0 Å². The molecule has 2 aromatic carbocycles. The lowest BCUT2D eigenvalue weighted by Gasteiger charge is -2.03. The molecule has 4 rings (SSSR count). The number of hydrogen-bond acceptors (Lipinski definition) is 3. The van der Waals surface area contributed by atoms with Crippen LogP contribution >= 0.6 is 0 Å². The van der Waals surface area contributed by atoms with Crippen LogP contribution in [0.4, 0.5) is 4.39 Å². The Bertz CT molecular complexity index is 1020. The molecule has 0 amide bonds. The van der Waals surface area contributed by atoms with Gasteiger partial charge in [0.25, 0.3) is 0 Å². The fraction of sp³-hybridized carbons (Fsp3) is 0.143. The Morgan fingerprint density at radius 3 is 2.73 bits per heavy atom. The van der Waals surface area contributed by atoms with Crippen molar-refractivity contribution in [1.29, 1.82) is 0 Å². The molecule has 0 atom stereocenters. The van der Waals surface area contributed by atoms with Crippen molar-refractivity contribution >= 4 is 10.9 Å². The molecule has 4 nitrogen and oxygen atoms in total. The van der Waals surface area contributed by atoms with Gasteiger partial charge in [0.15, 0.2) is 0 Å². The third kappa shape index (κ3) is 3.48. The summed E-state index contributed by atoms with van der Waals surface area (Å²) in [5.41, 5.74) is 2.92. The molecule has 0 saturated carbocycles. The number of phenols is 1. The van der Waals surface area contributed by atoms with Crippen molar-refractivity contribution in [2.24, 2.45) is 0 Å². The normalized spacial score (nSPS) is 11.3. The molecule has 26 heavy (non-hydrogen) atoms. The van der Waals surface area contributed by atoms with Crippen molar-refractivity contribution in [3.8, 4) is 17.1 Å². The van der Waals surface area contributed by atoms with Gasteiger partial charge < -0.3 is 19.8 Å². The summed E-state index contributed by atoms with van der Waals surface area (Å²) in [5.74, 6) is 1.64. The fourth-order valence-corrected chi connectivity index (χ4v) is 3.05. The van der Waals surface area contributed by atoms with Gasteiger partial charge in [-0.3, -0.25) is 0 Å². The van der Waals surface area contributed by atoms with Gasteiger partial charge in [0.05, 0.1) is 6.54 Å². The number of furan rings is 1. The Labute approximate surface area is 150 Å². The van der Waals surface area contributed by atoms with Crippen LogP contribution in [0.5, 0.6) is 5.75 Å². The highest BCUT2D eigenvalue weighted by Crippen LogP contribution is 2.24. The summed E-state index contributed by atoms with van der Waals surface area (Å²) in [6, 6.07) is 15.6. The summed E-state index contributed by atoms with van der Waals surface area (Å²) >= 11 is 0. The summed E-state index contributed by atoms with van der Waals surface area (Å²) in [6.45, 7) is 1.43. The maximum atomic E-state index is 13.2. The molecule has 5 heteroatoms. The highest BCUT2D eigenvalue weighted by atomic mass is 19.1. The highest BCUT2D eigenvalue weighted by Gasteiger charge is 2.06. The minimum absolute atomic E-state index is 0.230. The molecular weight excluding hydrogens is 331 g/mol. The topological polar surface area (TPSA) is 61.2 Å². The highest BCUT2D eigenvalue weighted by molar-refractivity contribution is 5.83. The Hall–Kier alpha value is -3.05. The molecule has 4 aromatic rings. The number of hydrogen-bond donors (Lipinski definition) is 3. The molecular formula is C21H19FN2O2. The largest absolute Gasteiger partial charge is 0.508 e. The summed E-state index contributed by atoms with van der Waals surface area (Å²) in [6.07, 6.45) is 2.78. The lowest BCUT2D eigenvalue weighted by Crippen LogP contribution is -2.16. The fourth-order valence-electron chi connectivity index (χ4n) is 3.05. The van der Waals surface area contributed by atoms with Crippen molar-refractivity contribution in [2.75, 3.05) is 6.54 Å². The summed E-state index contributed by atoms with van der Waals surface area (Å²) in [5, 5.41) is 13.8. The zero-order valence-electron chi connectivity index (χ0n) is 14.1. The summed E-state index contributed by atoms with van der Waals surface area (Å²) in [7, 11) is 0. The van der Waals surface area contributed by atoms with E-state index < -0.39 is 0 Å². The minimum atomic E-state index is -0.230. The number of nitrogens with one attached hydrogen (secondary N) is 2. The van der Waals surface area contributed by atoms with Gasteiger partial charge in [0, 0.05) is 22.7 Å². The third-order valence-corrected chi connectivity index (χ3v) is 4.41. The van der Waals surface area contributed by atoms with Gasteiger partial charge in [-0.1, -0.05) is 0 Å². The van der Waals surface area contributed by atoms with Crippen molar-refractivity contribution in [1.82, 2.24) is 10.3 Å². The van der Waals surface area contributed by atoms with Crippen molar-refractivity contribution < 1.29 is 13.9 Å². The van der Waals surface area contributed by atoms with Crippen LogP contribution in [-0.4, -0.2) is 16.6 Å². The van der Waals surface area contributed by atoms with Crippen molar-refractivity contribution in [2.45, 2.75) is 13.0 Å². The standard InChI is InChI=1S/C21H19FN2O2/c22-16-3-7-19-15(12-24-20(19)11-16)9-10-23-13-18-6-8-21(26-18)14-1-4-17(25)5-2-14/h1-8,11-12,23-25H,9-10,13H2. The van der Waals surface area contributed by atoms with E-state index in [4.69, 9.17) is 4.42 Å². The van der Waals surface area contributed by atoms with E-state index in [1.807, 2.05) is 36.5 Å². The third-order valence-electron chi connectivity index (χ3n) is 4.41.